The Morgan fingerprint density at radius 2 is 2.14 bits per heavy atom. The zero-order chi connectivity index (χ0) is 19.5. The number of thiazole rings is 1. The summed E-state index contributed by atoms with van der Waals surface area (Å²) in [5.74, 6) is 0.855. The third-order valence-electron chi connectivity index (χ3n) is 5.68. The van der Waals surface area contributed by atoms with E-state index in [0.29, 0.717) is 6.04 Å². The van der Waals surface area contributed by atoms with Gasteiger partial charge in [0.25, 0.3) is 0 Å². The molecule has 1 aliphatic rings. The number of hydrogen-bond acceptors (Lipinski definition) is 7. The molecule has 1 N–H and O–H groups in total. The summed E-state index contributed by atoms with van der Waals surface area (Å²) in [6, 6.07) is 6.95. The lowest BCUT2D eigenvalue weighted by molar-refractivity contribution is 0.266. The first kappa shape index (κ1) is 19.2. The fraction of sp³-hybridized carbons (Fsp3) is 0.476. The molecule has 7 heteroatoms. The van der Waals surface area contributed by atoms with Gasteiger partial charge in [0.1, 0.15) is 0 Å². The second-order valence-electron chi connectivity index (χ2n) is 7.38. The van der Waals surface area contributed by atoms with Crippen molar-refractivity contribution in [3.63, 3.8) is 0 Å². The summed E-state index contributed by atoms with van der Waals surface area (Å²) in [5.41, 5.74) is 6.74. The smallest absolute Gasteiger partial charge is 0.225 e. The number of benzene rings is 1. The van der Waals surface area contributed by atoms with E-state index < -0.39 is 0 Å². The Morgan fingerprint density at radius 3 is 3.00 bits per heavy atom. The van der Waals surface area contributed by atoms with Crippen LogP contribution in [0.3, 0.4) is 0 Å². The van der Waals surface area contributed by atoms with Gasteiger partial charge in [0, 0.05) is 56.9 Å². The number of rotatable bonds is 7. The summed E-state index contributed by atoms with van der Waals surface area (Å²) in [5, 5.41) is 3.38. The zero-order valence-corrected chi connectivity index (χ0v) is 17.7. The van der Waals surface area contributed by atoms with Crippen molar-refractivity contribution in [1.82, 2.24) is 25.2 Å². The minimum absolute atomic E-state index is 0.334. The molecule has 2 aromatic heterocycles. The van der Waals surface area contributed by atoms with E-state index in [1.807, 2.05) is 11.7 Å². The van der Waals surface area contributed by atoms with Crippen LogP contribution in [-0.2, 0) is 13.0 Å². The molecule has 0 fully saturated rings. The Bertz CT molecular complexity index is 940. The van der Waals surface area contributed by atoms with Crippen molar-refractivity contribution in [2.75, 3.05) is 38.1 Å². The molecule has 1 atom stereocenters. The zero-order valence-electron chi connectivity index (χ0n) is 16.9. The van der Waals surface area contributed by atoms with Gasteiger partial charge in [-0.05, 0) is 38.6 Å². The first-order chi connectivity index (χ1) is 13.7. The highest BCUT2D eigenvalue weighted by atomic mass is 32.1. The normalized spacial score (nSPS) is 15.0. The van der Waals surface area contributed by atoms with Crippen LogP contribution in [0.1, 0.15) is 36.7 Å². The molecule has 1 aliphatic heterocycles. The number of nitrogens with one attached hydrogen (secondary N) is 1. The van der Waals surface area contributed by atoms with E-state index in [9.17, 15) is 0 Å². The van der Waals surface area contributed by atoms with Gasteiger partial charge in [-0.15, -0.1) is 11.3 Å². The summed E-state index contributed by atoms with van der Waals surface area (Å²) in [4.78, 5) is 18.6. The first-order valence-corrected chi connectivity index (χ1v) is 10.9. The summed E-state index contributed by atoms with van der Waals surface area (Å²) in [7, 11) is 2.18. The maximum atomic E-state index is 4.84. The van der Waals surface area contributed by atoms with Gasteiger partial charge < -0.3 is 10.2 Å². The van der Waals surface area contributed by atoms with E-state index in [2.05, 4.69) is 64.2 Å². The third-order valence-corrected chi connectivity index (χ3v) is 6.49. The van der Waals surface area contributed by atoms with Gasteiger partial charge in [0.05, 0.1) is 21.4 Å². The largest absolute Gasteiger partial charge is 0.340 e. The molecule has 3 aromatic rings. The van der Waals surface area contributed by atoms with Crippen LogP contribution < -0.4 is 10.2 Å². The molecule has 4 rings (SSSR count). The highest BCUT2D eigenvalue weighted by molar-refractivity contribution is 7.16. The quantitative estimate of drug-likeness (QED) is 0.662. The average Bonchev–Trinajstić information content (AvgIpc) is 3.21. The molecular weight excluding hydrogens is 368 g/mol. The number of likely N-dealkylation sites (N-methyl/N-ethyl adjacent to an activating group) is 2. The molecular formula is C21H28N6S. The van der Waals surface area contributed by atoms with E-state index in [0.717, 1.165) is 50.6 Å². The summed E-state index contributed by atoms with van der Waals surface area (Å²) in [6.45, 7) is 9.07. The second-order valence-corrected chi connectivity index (χ2v) is 8.27. The molecule has 0 spiro atoms. The summed E-state index contributed by atoms with van der Waals surface area (Å²) in [6.07, 6.45) is 2.97. The van der Waals surface area contributed by atoms with Crippen LogP contribution in [0.25, 0.3) is 10.2 Å². The Kier molecular flexibility index (Phi) is 5.85. The number of nitrogens with zero attached hydrogens (tertiary/aromatic N) is 5. The van der Waals surface area contributed by atoms with Crippen LogP contribution in [0.5, 0.6) is 0 Å². The molecule has 3 heterocycles. The van der Waals surface area contributed by atoms with E-state index in [4.69, 9.17) is 4.98 Å². The van der Waals surface area contributed by atoms with E-state index in [-0.39, 0.29) is 0 Å². The van der Waals surface area contributed by atoms with E-state index in [1.54, 1.807) is 11.3 Å². The molecule has 0 saturated heterocycles. The highest BCUT2D eigenvalue weighted by Crippen LogP contribution is 2.25. The van der Waals surface area contributed by atoms with Gasteiger partial charge in [-0.25, -0.2) is 15.0 Å². The van der Waals surface area contributed by atoms with Crippen molar-refractivity contribution in [3.8, 4) is 0 Å². The molecule has 0 bridgehead atoms. The van der Waals surface area contributed by atoms with Crippen LogP contribution >= 0.6 is 11.3 Å². The maximum absolute atomic E-state index is 4.84. The van der Waals surface area contributed by atoms with Crippen molar-refractivity contribution >= 4 is 27.5 Å². The fourth-order valence-electron chi connectivity index (χ4n) is 3.64. The number of hydrogen-bond donors (Lipinski definition) is 1. The van der Waals surface area contributed by atoms with Crippen molar-refractivity contribution in [1.29, 1.82) is 0 Å². The molecule has 28 heavy (non-hydrogen) atoms. The maximum Gasteiger partial charge on any atom is 0.225 e. The van der Waals surface area contributed by atoms with E-state index in [1.165, 1.54) is 21.5 Å². The molecule has 0 saturated carbocycles. The lowest BCUT2D eigenvalue weighted by Gasteiger charge is -2.29. The Hall–Kier alpha value is -2.09. The molecule has 6 nitrogen and oxygen atoms in total. The monoisotopic (exact) mass is 396 g/mol. The van der Waals surface area contributed by atoms with Crippen LogP contribution in [0.4, 0.5) is 5.95 Å². The lowest BCUT2D eigenvalue weighted by atomic mass is 10.1. The van der Waals surface area contributed by atoms with Crippen LogP contribution in [0.2, 0.25) is 0 Å². The molecule has 1 aromatic carbocycles. The van der Waals surface area contributed by atoms with Crippen molar-refractivity contribution in [3.05, 3.63) is 46.7 Å². The van der Waals surface area contributed by atoms with Crippen LogP contribution in [0.15, 0.2) is 29.9 Å². The lowest BCUT2D eigenvalue weighted by Crippen LogP contribution is -2.36. The minimum Gasteiger partial charge on any atom is -0.340 e. The molecule has 0 aliphatic carbocycles. The second kappa shape index (κ2) is 8.51. The average molecular weight is 397 g/mol. The third kappa shape index (κ3) is 4.01. The van der Waals surface area contributed by atoms with Gasteiger partial charge in [-0.1, -0.05) is 6.07 Å². The number of aromatic nitrogens is 3. The highest BCUT2D eigenvalue weighted by Gasteiger charge is 2.17. The first-order valence-electron chi connectivity index (χ1n) is 9.99. The predicted molar refractivity (Wildman–Crippen MR) is 116 cm³/mol. The molecule has 0 radical (unpaired) electrons. The van der Waals surface area contributed by atoms with Crippen LogP contribution in [-0.4, -0.2) is 53.1 Å². The van der Waals surface area contributed by atoms with Gasteiger partial charge in [-0.2, -0.15) is 0 Å². The number of fused-ring (bicyclic) bond motifs is 2. The standard InChI is InChI=1S/C21H28N6S/c1-4-27(21-23-13-17-12-22-8-7-18(17)25-21)10-9-26(3)15(2)16-5-6-20-19(11-16)24-14-28-20/h5-6,11,13-15,22H,4,7-10,12H2,1-3H3. The number of anilines is 1. The summed E-state index contributed by atoms with van der Waals surface area (Å²) >= 11 is 1.69. The predicted octanol–water partition coefficient (Wildman–Crippen LogP) is 3.25. The van der Waals surface area contributed by atoms with E-state index >= 15 is 0 Å². The molecule has 0 amide bonds. The van der Waals surface area contributed by atoms with Gasteiger partial charge in [0.15, 0.2) is 0 Å². The molecule has 148 valence electrons. The van der Waals surface area contributed by atoms with Crippen molar-refractivity contribution in [2.45, 2.75) is 32.9 Å². The fourth-order valence-corrected chi connectivity index (χ4v) is 4.30. The Labute approximate surface area is 170 Å². The van der Waals surface area contributed by atoms with Gasteiger partial charge in [-0.3, -0.25) is 4.90 Å². The summed E-state index contributed by atoms with van der Waals surface area (Å²) < 4.78 is 1.25. The van der Waals surface area contributed by atoms with Gasteiger partial charge in [0.2, 0.25) is 5.95 Å². The van der Waals surface area contributed by atoms with Gasteiger partial charge >= 0.3 is 0 Å². The molecule has 1 unspecified atom stereocenters. The van der Waals surface area contributed by atoms with Crippen molar-refractivity contribution < 1.29 is 0 Å². The Morgan fingerprint density at radius 1 is 1.25 bits per heavy atom. The van der Waals surface area contributed by atoms with Crippen molar-refractivity contribution in [2.24, 2.45) is 0 Å². The minimum atomic E-state index is 0.334. The Balaban J connectivity index is 1.41. The topological polar surface area (TPSA) is 57.2 Å². The SMILES string of the molecule is CCN(CCN(C)C(C)c1ccc2scnc2c1)c1ncc2c(n1)CCNC2. The van der Waals surface area contributed by atoms with Crippen LogP contribution in [0, 0.1) is 0 Å².